The lowest BCUT2D eigenvalue weighted by Gasteiger charge is -2.39. The quantitative estimate of drug-likeness (QED) is 0.629. The molecule has 16 heavy (non-hydrogen) atoms. The van der Waals surface area contributed by atoms with E-state index in [4.69, 9.17) is 14.2 Å². The van der Waals surface area contributed by atoms with Crippen molar-refractivity contribution in [3.63, 3.8) is 0 Å². The van der Waals surface area contributed by atoms with E-state index in [9.17, 15) is 9.18 Å². The second-order valence-electron chi connectivity index (χ2n) is 4.77. The van der Waals surface area contributed by atoms with E-state index in [0.29, 0.717) is 38.7 Å². The van der Waals surface area contributed by atoms with Gasteiger partial charge in [-0.15, -0.1) is 0 Å². The van der Waals surface area contributed by atoms with Crippen LogP contribution in [0.4, 0.5) is 4.39 Å². The second kappa shape index (κ2) is 3.48. The van der Waals surface area contributed by atoms with E-state index in [1.807, 2.05) is 0 Å². The molecule has 3 aliphatic rings. The molecule has 2 spiro atoms. The van der Waals surface area contributed by atoms with Crippen LogP contribution < -0.4 is 0 Å². The number of halogens is 1. The fourth-order valence-corrected chi connectivity index (χ4v) is 2.89. The lowest BCUT2D eigenvalue weighted by atomic mass is 9.79. The Morgan fingerprint density at radius 1 is 1.19 bits per heavy atom. The smallest absolute Gasteiger partial charge is 0.225 e. The summed E-state index contributed by atoms with van der Waals surface area (Å²) in [6, 6.07) is 0. The number of hydrogen-bond donors (Lipinski definition) is 0. The van der Waals surface area contributed by atoms with Crippen LogP contribution in [-0.2, 0) is 19.0 Å². The zero-order chi connectivity index (χ0) is 11.2. The molecular weight excluding hydrogens is 215 g/mol. The van der Waals surface area contributed by atoms with Crippen LogP contribution in [0.25, 0.3) is 0 Å². The van der Waals surface area contributed by atoms with Crippen LogP contribution >= 0.6 is 0 Å². The Bertz CT molecular complexity index is 309. The number of ketones is 1. The van der Waals surface area contributed by atoms with Crippen LogP contribution in [0.3, 0.4) is 0 Å². The summed E-state index contributed by atoms with van der Waals surface area (Å²) >= 11 is 0. The Kier molecular flexibility index (Phi) is 2.31. The van der Waals surface area contributed by atoms with Gasteiger partial charge in [0.2, 0.25) is 6.36 Å². The predicted molar refractivity (Wildman–Crippen MR) is 51.4 cm³/mol. The summed E-state index contributed by atoms with van der Waals surface area (Å²) in [5, 5.41) is 0. The zero-order valence-corrected chi connectivity index (χ0v) is 9.04. The number of hydrogen-bond acceptors (Lipinski definition) is 4. The average molecular weight is 230 g/mol. The summed E-state index contributed by atoms with van der Waals surface area (Å²) in [6.07, 6.45) is 1.42. The third-order valence-corrected chi connectivity index (χ3v) is 3.86. The fourth-order valence-electron chi connectivity index (χ4n) is 2.89. The van der Waals surface area contributed by atoms with Gasteiger partial charge in [-0.25, -0.2) is 4.39 Å². The van der Waals surface area contributed by atoms with Crippen molar-refractivity contribution in [2.75, 3.05) is 13.2 Å². The zero-order valence-electron chi connectivity index (χ0n) is 9.04. The van der Waals surface area contributed by atoms with Gasteiger partial charge in [0, 0.05) is 19.3 Å². The van der Waals surface area contributed by atoms with Gasteiger partial charge in [-0.05, 0) is 12.8 Å². The highest BCUT2D eigenvalue weighted by Gasteiger charge is 2.53. The normalized spacial score (nSPS) is 48.3. The molecular formula is C11H15FO4. The Hall–Kier alpha value is -0.520. The van der Waals surface area contributed by atoms with Gasteiger partial charge in [0.25, 0.3) is 0 Å². The standard InChI is InChI=1S/C11H15FO4/c12-9-7-15-11(16-9)4-2-10(3-5-11)8(13)1-6-14-10/h9H,1-7H2. The molecule has 0 bridgehead atoms. The highest BCUT2D eigenvalue weighted by Crippen LogP contribution is 2.45. The van der Waals surface area contributed by atoms with Gasteiger partial charge in [0.15, 0.2) is 11.6 Å². The summed E-state index contributed by atoms with van der Waals surface area (Å²) in [4.78, 5) is 11.7. The van der Waals surface area contributed by atoms with Crippen molar-refractivity contribution in [2.24, 2.45) is 0 Å². The van der Waals surface area contributed by atoms with E-state index in [-0.39, 0.29) is 12.4 Å². The van der Waals surface area contributed by atoms with Crippen LogP contribution in [0.2, 0.25) is 0 Å². The van der Waals surface area contributed by atoms with Crippen molar-refractivity contribution in [3.05, 3.63) is 0 Å². The third kappa shape index (κ3) is 1.49. The molecule has 0 aromatic heterocycles. The molecule has 1 saturated carbocycles. The van der Waals surface area contributed by atoms with E-state index in [0.717, 1.165) is 0 Å². The number of rotatable bonds is 0. The number of alkyl halides is 1. The molecule has 0 amide bonds. The first-order valence-corrected chi connectivity index (χ1v) is 5.77. The summed E-state index contributed by atoms with van der Waals surface area (Å²) < 4.78 is 29.1. The number of carbonyl (C=O) groups is 1. The van der Waals surface area contributed by atoms with Gasteiger partial charge in [-0.1, -0.05) is 0 Å². The topological polar surface area (TPSA) is 44.8 Å². The second-order valence-corrected chi connectivity index (χ2v) is 4.77. The van der Waals surface area contributed by atoms with E-state index in [1.54, 1.807) is 0 Å². The molecule has 4 nitrogen and oxygen atoms in total. The first-order chi connectivity index (χ1) is 7.64. The fraction of sp³-hybridized carbons (Fsp3) is 0.909. The van der Waals surface area contributed by atoms with Crippen molar-refractivity contribution in [2.45, 2.75) is 49.9 Å². The lowest BCUT2D eigenvalue weighted by Crippen LogP contribution is -2.47. The average Bonchev–Trinajstić information content (AvgIpc) is 2.79. The van der Waals surface area contributed by atoms with Gasteiger partial charge >= 0.3 is 0 Å². The van der Waals surface area contributed by atoms with Crippen molar-refractivity contribution >= 4 is 5.78 Å². The van der Waals surface area contributed by atoms with E-state index < -0.39 is 17.7 Å². The molecule has 3 rings (SSSR count). The van der Waals surface area contributed by atoms with Gasteiger partial charge in [0.1, 0.15) is 12.2 Å². The number of carbonyl (C=O) groups excluding carboxylic acids is 1. The van der Waals surface area contributed by atoms with Gasteiger partial charge in [-0.2, -0.15) is 0 Å². The summed E-state index contributed by atoms with van der Waals surface area (Å²) in [5.41, 5.74) is -0.619. The maximum atomic E-state index is 13.0. The molecule has 2 heterocycles. The summed E-state index contributed by atoms with van der Waals surface area (Å²) in [5.74, 6) is -0.617. The van der Waals surface area contributed by atoms with Crippen LogP contribution in [0.1, 0.15) is 32.1 Å². The van der Waals surface area contributed by atoms with Crippen LogP contribution in [0, 0.1) is 0 Å². The Morgan fingerprint density at radius 2 is 1.94 bits per heavy atom. The molecule has 1 unspecified atom stereocenters. The molecule has 0 radical (unpaired) electrons. The van der Waals surface area contributed by atoms with Crippen molar-refractivity contribution in [1.82, 2.24) is 0 Å². The Morgan fingerprint density at radius 3 is 2.44 bits per heavy atom. The van der Waals surface area contributed by atoms with E-state index in [2.05, 4.69) is 0 Å². The highest BCUT2D eigenvalue weighted by molar-refractivity contribution is 5.89. The van der Waals surface area contributed by atoms with Gasteiger partial charge in [-0.3, -0.25) is 4.79 Å². The first-order valence-electron chi connectivity index (χ1n) is 5.77. The predicted octanol–water partition coefficient (Wildman–Crippen LogP) is 1.33. The molecule has 1 aliphatic carbocycles. The first kappa shape index (κ1) is 10.6. The molecule has 0 aromatic rings. The molecule has 2 aliphatic heterocycles. The van der Waals surface area contributed by atoms with Crippen molar-refractivity contribution in [1.29, 1.82) is 0 Å². The Labute approximate surface area is 93.0 Å². The minimum atomic E-state index is -1.32. The molecule has 3 fully saturated rings. The summed E-state index contributed by atoms with van der Waals surface area (Å²) in [6.45, 7) is 0.515. The van der Waals surface area contributed by atoms with E-state index in [1.165, 1.54) is 0 Å². The minimum absolute atomic E-state index is 0.00179. The molecule has 0 N–H and O–H groups in total. The van der Waals surface area contributed by atoms with Gasteiger partial charge < -0.3 is 14.2 Å². The number of ether oxygens (including phenoxy) is 3. The monoisotopic (exact) mass is 230 g/mol. The maximum Gasteiger partial charge on any atom is 0.225 e. The highest BCUT2D eigenvalue weighted by atomic mass is 19.1. The Balaban J connectivity index is 1.70. The summed E-state index contributed by atoms with van der Waals surface area (Å²) in [7, 11) is 0. The van der Waals surface area contributed by atoms with E-state index >= 15 is 0 Å². The largest absolute Gasteiger partial charge is 0.367 e. The van der Waals surface area contributed by atoms with Gasteiger partial charge in [0.05, 0.1) is 6.61 Å². The van der Waals surface area contributed by atoms with Crippen LogP contribution in [-0.4, -0.2) is 36.7 Å². The van der Waals surface area contributed by atoms with Crippen LogP contribution in [0.5, 0.6) is 0 Å². The van der Waals surface area contributed by atoms with Crippen molar-refractivity contribution in [3.8, 4) is 0 Å². The maximum absolute atomic E-state index is 13.0. The molecule has 90 valence electrons. The number of Topliss-reactive ketones (excluding diaryl/α,β-unsaturated/α-hetero) is 1. The van der Waals surface area contributed by atoms with Crippen molar-refractivity contribution < 1.29 is 23.4 Å². The SMILES string of the molecule is O=C1CCOC12CCC1(CC2)OCC(F)O1. The molecule has 5 heteroatoms. The van der Waals surface area contributed by atoms with Crippen LogP contribution in [0.15, 0.2) is 0 Å². The lowest BCUT2D eigenvalue weighted by molar-refractivity contribution is -0.220. The third-order valence-electron chi connectivity index (χ3n) is 3.86. The molecule has 0 aromatic carbocycles. The minimum Gasteiger partial charge on any atom is -0.367 e. The molecule has 2 saturated heterocycles. The molecule has 1 atom stereocenters.